The zero-order valence-corrected chi connectivity index (χ0v) is 18.1. The number of alkyl carbamates (subject to hydrolysis) is 1. The highest BCUT2D eigenvalue weighted by Crippen LogP contribution is 2.44. The van der Waals surface area contributed by atoms with E-state index in [1.165, 1.54) is 0 Å². The zero-order valence-electron chi connectivity index (χ0n) is 18.1. The third kappa shape index (κ3) is 5.08. The van der Waals surface area contributed by atoms with Crippen LogP contribution in [-0.4, -0.2) is 53.5 Å². The van der Waals surface area contributed by atoms with E-state index >= 15 is 0 Å². The normalized spacial score (nSPS) is 14.2. The molecule has 4 N–H and O–H groups in total. The molecule has 0 spiro atoms. The van der Waals surface area contributed by atoms with E-state index in [4.69, 9.17) is 9.84 Å². The average Bonchev–Trinajstić information content (AvgIpc) is 3.09. The van der Waals surface area contributed by atoms with Gasteiger partial charge in [-0.15, -0.1) is 0 Å². The van der Waals surface area contributed by atoms with Crippen molar-refractivity contribution in [3.8, 4) is 11.1 Å². The molecule has 0 bridgehead atoms. The fourth-order valence-electron chi connectivity index (χ4n) is 3.95. The Labute approximate surface area is 186 Å². The fraction of sp³-hybridized carbons (Fsp3) is 0.375. The molecule has 0 fully saturated rings. The number of hydrogen-bond acceptors (Lipinski definition) is 5. The fourth-order valence-corrected chi connectivity index (χ4v) is 3.95. The number of aliphatic carboxylic acids is 1. The number of carbonyl (C=O) groups excluding carboxylic acids is 2. The van der Waals surface area contributed by atoms with Crippen LogP contribution in [0, 0.1) is 5.92 Å². The van der Waals surface area contributed by atoms with Crippen molar-refractivity contribution >= 4 is 18.0 Å². The van der Waals surface area contributed by atoms with Crippen molar-refractivity contribution in [3.63, 3.8) is 0 Å². The number of carbonyl (C=O) groups is 3. The van der Waals surface area contributed by atoms with Gasteiger partial charge in [0.1, 0.15) is 18.7 Å². The van der Waals surface area contributed by atoms with Crippen molar-refractivity contribution in [2.45, 2.75) is 38.3 Å². The van der Waals surface area contributed by atoms with E-state index < -0.39 is 30.1 Å². The molecule has 1 aliphatic rings. The first-order valence-corrected chi connectivity index (χ1v) is 10.6. The Kier molecular flexibility index (Phi) is 7.48. The summed E-state index contributed by atoms with van der Waals surface area (Å²) >= 11 is 0. The van der Waals surface area contributed by atoms with E-state index in [2.05, 4.69) is 10.6 Å². The predicted octanol–water partition coefficient (Wildman–Crippen LogP) is 2.50. The summed E-state index contributed by atoms with van der Waals surface area (Å²) in [7, 11) is 0. The van der Waals surface area contributed by atoms with Gasteiger partial charge in [-0.25, -0.2) is 9.59 Å². The van der Waals surface area contributed by atoms with Crippen LogP contribution in [-0.2, 0) is 14.3 Å². The highest BCUT2D eigenvalue weighted by molar-refractivity contribution is 5.89. The Morgan fingerprint density at radius 3 is 2.03 bits per heavy atom. The van der Waals surface area contributed by atoms with Crippen molar-refractivity contribution in [1.82, 2.24) is 10.6 Å². The van der Waals surface area contributed by atoms with Crippen LogP contribution >= 0.6 is 0 Å². The summed E-state index contributed by atoms with van der Waals surface area (Å²) < 4.78 is 5.48. The number of nitrogens with one attached hydrogen (secondary N) is 2. The minimum Gasteiger partial charge on any atom is -0.480 e. The van der Waals surface area contributed by atoms with Gasteiger partial charge in [0.25, 0.3) is 0 Å². The van der Waals surface area contributed by atoms with Crippen LogP contribution in [0.15, 0.2) is 48.5 Å². The second kappa shape index (κ2) is 10.3. The van der Waals surface area contributed by atoms with E-state index in [1.807, 2.05) is 48.5 Å². The van der Waals surface area contributed by atoms with Gasteiger partial charge in [-0.1, -0.05) is 62.4 Å². The lowest BCUT2D eigenvalue weighted by atomic mass is 9.98. The van der Waals surface area contributed by atoms with E-state index in [-0.39, 0.29) is 31.5 Å². The van der Waals surface area contributed by atoms with Crippen molar-refractivity contribution in [3.05, 3.63) is 59.7 Å². The van der Waals surface area contributed by atoms with Crippen LogP contribution in [0.1, 0.15) is 37.3 Å². The van der Waals surface area contributed by atoms with E-state index in [1.54, 1.807) is 13.8 Å². The summed E-state index contributed by atoms with van der Waals surface area (Å²) in [6.45, 7) is 3.18. The van der Waals surface area contributed by atoms with Crippen molar-refractivity contribution in [2.24, 2.45) is 5.92 Å². The number of hydrogen-bond donors (Lipinski definition) is 4. The molecule has 0 radical (unpaired) electrons. The van der Waals surface area contributed by atoms with Gasteiger partial charge in [0.15, 0.2) is 0 Å². The third-order valence-electron chi connectivity index (χ3n) is 5.60. The molecule has 2 aromatic rings. The molecule has 1 unspecified atom stereocenters. The molecule has 8 nitrogen and oxygen atoms in total. The quantitative estimate of drug-likeness (QED) is 0.475. The molecule has 3 rings (SSSR count). The maximum atomic E-state index is 12.6. The Balaban J connectivity index is 1.65. The number of aliphatic hydroxyl groups excluding tert-OH is 1. The van der Waals surface area contributed by atoms with E-state index in [9.17, 15) is 19.5 Å². The van der Waals surface area contributed by atoms with Gasteiger partial charge in [-0.3, -0.25) is 4.79 Å². The topological polar surface area (TPSA) is 125 Å². The molecular formula is C24H28N2O6. The molecule has 8 heteroatoms. The summed E-state index contributed by atoms with van der Waals surface area (Å²) in [4.78, 5) is 36.3. The summed E-state index contributed by atoms with van der Waals surface area (Å²) in [6, 6.07) is 13.7. The smallest absolute Gasteiger partial charge is 0.407 e. The first kappa shape index (κ1) is 23.3. The van der Waals surface area contributed by atoms with Crippen molar-refractivity contribution in [1.29, 1.82) is 0 Å². The van der Waals surface area contributed by atoms with Crippen LogP contribution in [0.2, 0.25) is 0 Å². The summed E-state index contributed by atoms with van der Waals surface area (Å²) in [5.74, 6) is -2.31. The molecule has 32 heavy (non-hydrogen) atoms. The lowest BCUT2D eigenvalue weighted by Gasteiger charge is -2.24. The predicted molar refractivity (Wildman–Crippen MR) is 118 cm³/mol. The Hall–Kier alpha value is -3.39. The Morgan fingerprint density at radius 2 is 1.53 bits per heavy atom. The number of ether oxygens (including phenoxy) is 1. The van der Waals surface area contributed by atoms with Gasteiger partial charge >= 0.3 is 12.1 Å². The lowest BCUT2D eigenvalue weighted by molar-refractivity contribution is -0.142. The lowest BCUT2D eigenvalue weighted by Crippen LogP contribution is -2.54. The zero-order chi connectivity index (χ0) is 23.3. The van der Waals surface area contributed by atoms with Crippen LogP contribution in [0.25, 0.3) is 11.1 Å². The summed E-state index contributed by atoms with van der Waals surface area (Å²) in [5, 5.41) is 23.1. The Morgan fingerprint density at radius 1 is 0.969 bits per heavy atom. The highest BCUT2D eigenvalue weighted by Gasteiger charge is 2.31. The standard InChI is InChI=1S/C24H28N2O6/c1-14(2)21(22(28)25-20(11-12-27)23(29)30)26-24(31)32-13-19-17-9-5-3-7-15(17)16-8-4-6-10-18(16)19/h3-10,14,19-21,27H,11-13H2,1-2H3,(H,25,28)(H,26,31)(H,29,30)/t20-,21?/m0/s1. The maximum absolute atomic E-state index is 12.6. The van der Waals surface area contributed by atoms with Crippen molar-refractivity contribution < 1.29 is 29.3 Å². The van der Waals surface area contributed by atoms with Gasteiger partial charge in [-0.2, -0.15) is 0 Å². The monoisotopic (exact) mass is 440 g/mol. The van der Waals surface area contributed by atoms with Gasteiger partial charge in [0.05, 0.1) is 0 Å². The van der Waals surface area contributed by atoms with Gasteiger partial charge in [0, 0.05) is 18.9 Å². The third-order valence-corrected chi connectivity index (χ3v) is 5.60. The largest absolute Gasteiger partial charge is 0.480 e. The van der Waals surface area contributed by atoms with Crippen LogP contribution < -0.4 is 10.6 Å². The van der Waals surface area contributed by atoms with Gasteiger partial charge < -0.3 is 25.6 Å². The molecule has 0 saturated heterocycles. The number of aliphatic hydroxyl groups is 1. The van der Waals surface area contributed by atoms with E-state index in [0.717, 1.165) is 22.3 Å². The number of benzene rings is 2. The summed E-state index contributed by atoms with van der Waals surface area (Å²) in [6.07, 6.45) is -0.883. The van der Waals surface area contributed by atoms with Gasteiger partial charge in [-0.05, 0) is 28.2 Å². The molecule has 2 atom stereocenters. The maximum Gasteiger partial charge on any atom is 0.407 e. The SMILES string of the molecule is CC(C)C(NC(=O)OCC1c2ccccc2-c2ccccc21)C(=O)N[C@@H](CCO)C(=O)O. The minimum atomic E-state index is -1.25. The number of carboxylic acid groups (broad SMARTS) is 1. The average molecular weight is 440 g/mol. The molecule has 2 amide bonds. The summed E-state index contributed by atoms with van der Waals surface area (Å²) in [5.41, 5.74) is 4.38. The number of carboxylic acids is 1. The molecule has 1 aliphatic carbocycles. The van der Waals surface area contributed by atoms with E-state index in [0.29, 0.717) is 0 Å². The van der Waals surface area contributed by atoms with Crippen molar-refractivity contribution in [2.75, 3.05) is 13.2 Å². The van der Waals surface area contributed by atoms with Crippen LogP contribution in [0.5, 0.6) is 0 Å². The first-order valence-electron chi connectivity index (χ1n) is 10.6. The molecule has 0 aliphatic heterocycles. The highest BCUT2D eigenvalue weighted by atomic mass is 16.5. The number of fused-ring (bicyclic) bond motifs is 3. The second-order valence-electron chi connectivity index (χ2n) is 8.10. The van der Waals surface area contributed by atoms with Crippen LogP contribution in [0.4, 0.5) is 4.79 Å². The Bertz CT molecular complexity index is 944. The molecule has 0 aromatic heterocycles. The molecule has 170 valence electrons. The number of amides is 2. The number of rotatable bonds is 9. The van der Waals surface area contributed by atoms with Gasteiger partial charge in [0.2, 0.25) is 5.91 Å². The molecule has 0 heterocycles. The molecule has 0 saturated carbocycles. The van der Waals surface area contributed by atoms with Crippen LogP contribution in [0.3, 0.4) is 0 Å². The molecular weight excluding hydrogens is 412 g/mol. The first-order chi connectivity index (χ1) is 15.3. The second-order valence-corrected chi connectivity index (χ2v) is 8.10. The minimum absolute atomic E-state index is 0.106. The molecule has 2 aromatic carbocycles.